The molecule has 0 fully saturated rings. The normalized spacial score (nSPS) is 11.4. The van der Waals surface area contributed by atoms with E-state index in [4.69, 9.17) is 5.11 Å². The summed E-state index contributed by atoms with van der Waals surface area (Å²) in [6, 6.07) is 19.4. The first kappa shape index (κ1) is 29.5. The molecule has 9 nitrogen and oxygen atoms in total. The van der Waals surface area contributed by atoms with Crippen LogP contribution in [0.25, 0.3) is 27.7 Å². The number of anilines is 2. The van der Waals surface area contributed by atoms with Crippen molar-refractivity contribution in [2.24, 2.45) is 0 Å². The smallest absolute Gasteiger partial charge is 0.446 e. The van der Waals surface area contributed by atoms with Crippen molar-refractivity contribution in [2.75, 3.05) is 10.6 Å². The molecule has 43 heavy (non-hydrogen) atoms. The molecule has 3 aromatic carbocycles. The number of nitrogens with zero attached hydrogens (tertiary/aromatic N) is 3. The van der Waals surface area contributed by atoms with E-state index in [1.807, 2.05) is 48.7 Å². The van der Waals surface area contributed by atoms with Crippen LogP contribution in [-0.2, 0) is 4.79 Å². The van der Waals surface area contributed by atoms with Gasteiger partial charge in [0.1, 0.15) is 0 Å². The predicted molar refractivity (Wildman–Crippen MR) is 158 cm³/mol. The molecule has 0 aliphatic heterocycles. The molecule has 5 rings (SSSR count). The summed E-state index contributed by atoms with van der Waals surface area (Å²) >= 11 is -0.257. The third kappa shape index (κ3) is 7.43. The number of para-hydroxylation sites is 1. The molecule has 5 aromatic rings. The third-order valence-electron chi connectivity index (χ3n) is 6.39. The Kier molecular flexibility index (Phi) is 8.53. The summed E-state index contributed by atoms with van der Waals surface area (Å²) in [4.78, 5) is 36.8. The highest BCUT2D eigenvalue weighted by atomic mass is 32.2. The van der Waals surface area contributed by atoms with Gasteiger partial charge in [-0.25, -0.2) is 9.48 Å². The van der Waals surface area contributed by atoms with Gasteiger partial charge in [-0.2, -0.15) is 18.3 Å². The third-order valence-corrected chi connectivity index (χ3v) is 7.12. The second kappa shape index (κ2) is 12.4. The number of aliphatic carboxylic acids is 1. The molecular weight excluding hydrogens is 583 g/mol. The first-order chi connectivity index (χ1) is 20.6. The second-order valence-corrected chi connectivity index (χ2v) is 10.6. The minimum atomic E-state index is -4.43. The minimum Gasteiger partial charge on any atom is -0.481 e. The van der Waals surface area contributed by atoms with Crippen molar-refractivity contribution in [3.05, 3.63) is 91.4 Å². The van der Waals surface area contributed by atoms with E-state index in [1.54, 1.807) is 16.9 Å². The van der Waals surface area contributed by atoms with Crippen LogP contribution in [0.4, 0.5) is 29.3 Å². The second-order valence-electron chi connectivity index (χ2n) is 9.45. The number of urea groups is 1. The number of halogens is 3. The predicted octanol–water partition coefficient (Wildman–Crippen LogP) is 7.65. The quantitative estimate of drug-likeness (QED) is 0.148. The van der Waals surface area contributed by atoms with Crippen molar-refractivity contribution in [1.82, 2.24) is 14.3 Å². The molecule has 0 spiro atoms. The summed E-state index contributed by atoms with van der Waals surface area (Å²) in [6.45, 7) is 0. The average molecular weight is 608 g/mol. The van der Waals surface area contributed by atoms with Crippen molar-refractivity contribution < 1.29 is 32.7 Å². The monoisotopic (exact) mass is 607 g/mol. The number of hydrogen-bond donors (Lipinski definition) is 3. The van der Waals surface area contributed by atoms with Crippen LogP contribution < -0.4 is 10.6 Å². The molecule has 0 saturated carbocycles. The van der Waals surface area contributed by atoms with E-state index in [-0.39, 0.29) is 47.5 Å². The summed E-state index contributed by atoms with van der Waals surface area (Å²) in [5, 5.41) is 19.2. The lowest BCUT2D eigenvalue weighted by Crippen LogP contribution is -2.19. The van der Waals surface area contributed by atoms with Gasteiger partial charge in [0.2, 0.25) is 5.91 Å². The molecule has 0 unspecified atom stereocenters. The van der Waals surface area contributed by atoms with Gasteiger partial charge in [0.05, 0.1) is 23.1 Å². The molecule has 0 aliphatic rings. The Morgan fingerprint density at radius 3 is 2.33 bits per heavy atom. The highest BCUT2D eigenvalue weighted by Crippen LogP contribution is 2.37. The van der Waals surface area contributed by atoms with Crippen LogP contribution >= 0.6 is 11.8 Å². The number of nitrogens with one attached hydrogen (secondary N) is 2. The van der Waals surface area contributed by atoms with E-state index in [2.05, 4.69) is 15.7 Å². The Morgan fingerprint density at radius 2 is 1.63 bits per heavy atom. The minimum absolute atomic E-state index is 0.0183. The van der Waals surface area contributed by atoms with Crippen molar-refractivity contribution in [1.29, 1.82) is 0 Å². The number of carbonyl (C=O) groups is 3. The summed E-state index contributed by atoms with van der Waals surface area (Å²) in [6.07, 6.45) is 4.99. The van der Waals surface area contributed by atoms with Crippen molar-refractivity contribution in [3.63, 3.8) is 0 Å². The Bertz CT molecular complexity index is 1780. The number of carboxylic acids is 1. The van der Waals surface area contributed by atoms with Gasteiger partial charge in [-0.1, -0.05) is 24.3 Å². The Morgan fingerprint density at radius 1 is 0.884 bits per heavy atom. The summed E-state index contributed by atoms with van der Waals surface area (Å²) in [5.41, 5.74) is -0.914. The van der Waals surface area contributed by atoms with Crippen molar-refractivity contribution in [2.45, 2.75) is 29.7 Å². The zero-order chi connectivity index (χ0) is 30.6. The van der Waals surface area contributed by atoms with E-state index >= 15 is 0 Å². The molecule has 0 aliphatic carbocycles. The largest absolute Gasteiger partial charge is 0.481 e. The Balaban J connectivity index is 1.42. The fraction of sp³-hybridized carbons (Fsp3) is 0.133. The fourth-order valence-electron chi connectivity index (χ4n) is 4.45. The molecule has 3 N–H and O–H groups in total. The Hall–Kier alpha value is -5.04. The number of rotatable bonds is 9. The van der Waals surface area contributed by atoms with Gasteiger partial charge >= 0.3 is 17.5 Å². The first-order valence-corrected chi connectivity index (χ1v) is 13.8. The van der Waals surface area contributed by atoms with E-state index in [0.29, 0.717) is 16.6 Å². The summed E-state index contributed by atoms with van der Waals surface area (Å²) < 4.78 is 41.0. The molecule has 2 heterocycles. The van der Waals surface area contributed by atoms with Crippen LogP contribution in [0.15, 0.2) is 96.3 Å². The molecule has 2 amide bonds. The molecule has 2 aromatic heterocycles. The molecule has 0 atom stereocenters. The van der Waals surface area contributed by atoms with Crippen LogP contribution in [0.5, 0.6) is 0 Å². The number of thioether (sulfide) groups is 1. The molecule has 220 valence electrons. The Labute approximate surface area is 247 Å². The maximum Gasteiger partial charge on any atom is 0.446 e. The lowest BCUT2D eigenvalue weighted by Gasteiger charge is -2.09. The van der Waals surface area contributed by atoms with E-state index < -0.39 is 17.5 Å². The number of aromatic nitrogens is 3. The van der Waals surface area contributed by atoms with Crippen LogP contribution in [0, 0.1) is 0 Å². The highest BCUT2D eigenvalue weighted by Gasteiger charge is 2.29. The first-order valence-electron chi connectivity index (χ1n) is 13.0. The molecule has 0 saturated heterocycles. The molecule has 13 heteroatoms. The zero-order valence-electron chi connectivity index (χ0n) is 22.3. The maximum atomic E-state index is 13.0. The van der Waals surface area contributed by atoms with Crippen molar-refractivity contribution >= 4 is 51.9 Å². The van der Waals surface area contributed by atoms with Crippen LogP contribution in [0.1, 0.15) is 24.1 Å². The van der Waals surface area contributed by atoms with Crippen LogP contribution in [0.3, 0.4) is 0 Å². The standard InChI is InChI=1S/C30H24F3N5O4S/c31-30(32,33)43-23-12-10-21(11-13-23)35-29(42)36-25-18-37(27(39)7-4-8-28(40)41)26-14-9-19(15-24(25)26)20-16-34-38(17-20)22-5-2-1-3-6-22/h1-3,5-6,9-18H,4,7-8H2,(H,40,41)(H2,35,36,42). The summed E-state index contributed by atoms with van der Waals surface area (Å²) in [5.74, 6) is -1.35. The number of carbonyl (C=O) groups excluding carboxylic acids is 2. The van der Waals surface area contributed by atoms with E-state index in [9.17, 15) is 27.6 Å². The topological polar surface area (TPSA) is 118 Å². The van der Waals surface area contributed by atoms with Gasteiger partial charge in [-0.3, -0.25) is 14.2 Å². The maximum absolute atomic E-state index is 13.0. The lowest BCUT2D eigenvalue weighted by atomic mass is 10.1. The van der Waals surface area contributed by atoms with Crippen LogP contribution in [0.2, 0.25) is 0 Å². The highest BCUT2D eigenvalue weighted by molar-refractivity contribution is 8.00. The molecule has 0 bridgehead atoms. The zero-order valence-corrected chi connectivity index (χ0v) is 23.2. The lowest BCUT2D eigenvalue weighted by molar-refractivity contribution is -0.137. The van der Waals surface area contributed by atoms with Crippen molar-refractivity contribution in [3.8, 4) is 16.8 Å². The van der Waals surface area contributed by atoms with Gasteiger partial charge in [-0.15, -0.1) is 0 Å². The number of fused-ring (bicyclic) bond motifs is 1. The van der Waals surface area contributed by atoms with Crippen LogP contribution in [-0.4, -0.2) is 42.9 Å². The van der Waals surface area contributed by atoms with E-state index in [1.165, 1.54) is 35.0 Å². The van der Waals surface area contributed by atoms with Gasteiger partial charge in [0, 0.05) is 46.8 Å². The van der Waals surface area contributed by atoms with E-state index in [0.717, 1.165) is 16.8 Å². The van der Waals surface area contributed by atoms with Gasteiger partial charge in [0.25, 0.3) is 0 Å². The number of hydrogen-bond acceptors (Lipinski definition) is 5. The SMILES string of the molecule is O=C(O)CCCC(=O)n1cc(NC(=O)Nc2ccc(SC(F)(F)F)cc2)c2cc(-c3cnn(-c4ccccc4)c3)ccc21. The number of amides is 2. The van der Waals surface area contributed by atoms with Gasteiger partial charge < -0.3 is 15.7 Å². The molecular formula is C30H24F3N5O4S. The number of benzene rings is 3. The number of alkyl halides is 3. The van der Waals surface area contributed by atoms with Gasteiger partial charge in [0.15, 0.2) is 0 Å². The fourth-order valence-corrected chi connectivity index (χ4v) is 4.98. The summed E-state index contributed by atoms with van der Waals surface area (Å²) in [7, 11) is 0. The van der Waals surface area contributed by atoms with Gasteiger partial charge in [-0.05, 0) is 72.3 Å². The number of carboxylic acid groups (broad SMARTS) is 1. The molecule has 0 radical (unpaired) electrons. The average Bonchev–Trinajstić information content (AvgIpc) is 3.59.